The topological polar surface area (TPSA) is 51.2 Å². The maximum Gasteiger partial charge on any atom is 0.191 e. The number of halogens is 1. The van der Waals surface area contributed by atoms with E-state index in [2.05, 4.69) is 15.9 Å². The second kappa shape index (κ2) is 5.10. The molecule has 0 saturated carbocycles. The number of rotatable bonds is 4. The fourth-order valence-corrected chi connectivity index (χ4v) is 2.97. The van der Waals surface area contributed by atoms with Crippen LogP contribution in [0.15, 0.2) is 24.3 Å². The molecule has 1 atom stereocenters. The largest absolute Gasteiger partial charge is 0.292 e. The Labute approximate surface area is 104 Å². The van der Waals surface area contributed by atoms with Gasteiger partial charge in [-0.1, -0.05) is 52.7 Å². The standard InChI is InChI=1S/C11H13BrO3S/c1-3-16(14,15)11(12)10(13)9-6-4-8(2)5-7-9/h4-7,11H,3H2,1-2H3. The molecule has 1 rings (SSSR count). The van der Waals surface area contributed by atoms with Gasteiger partial charge in [0.2, 0.25) is 0 Å². The zero-order valence-electron chi connectivity index (χ0n) is 9.10. The molecule has 0 amide bonds. The summed E-state index contributed by atoms with van der Waals surface area (Å²) in [6, 6.07) is 6.84. The molecule has 3 nitrogen and oxygen atoms in total. The highest BCUT2D eigenvalue weighted by Crippen LogP contribution is 2.17. The van der Waals surface area contributed by atoms with E-state index in [0.29, 0.717) is 5.56 Å². The van der Waals surface area contributed by atoms with Crippen molar-refractivity contribution in [2.45, 2.75) is 18.0 Å². The van der Waals surface area contributed by atoms with Crippen LogP contribution in [0.4, 0.5) is 0 Å². The lowest BCUT2D eigenvalue weighted by Crippen LogP contribution is -2.26. The number of hydrogen-bond acceptors (Lipinski definition) is 3. The van der Waals surface area contributed by atoms with Gasteiger partial charge in [-0.3, -0.25) is 4.79 Å². The molecule has 0 aliphatic rings. The van der Waals surface area contributed by atoms with Crippen molar-refractivity contribution in [1.29, 1.82) is 0 Å². The van der Waals surface area contributed by atoms with Crippen LogP contribution in [0.25, 0.3) is 0 Å². The summed E-state index contributed by atoms with van der Waals surface area (Å²) in [6.45, 7) is 3.43. The van der Waals surface area contributed by atoms with Crippen LogP contribution in [-0.4, -0.2) is 24.1 Å². The monoisotopic (exact) mass is 304 g/mol. The summed E-state index contributed by atoms with van der Waals surface area (Å²) in [7, 11) is -3.39. The van der Waals surface area contributed by atoms with Gasteiger partial charge in [-0.05, 0) is 6.92 Å². The minimum Gasteiger partial charge on any atom is -0.292 e. The van der Waals surface area contributed by atoms with Crippen LogP contribution in [0, 0.1) is 6.92 Å². The molecular weight excluding hydrogens is 292 g/mol. The summed E-state index contributed by atoms with van der Waals surface area (Å²) in [5.74, 6) is -0.470. The van der Waals surface area contributed by atoms with Gasteiger partial charge in [-0.25, -0.2) is 8.42 Å². The highest BCUT2D eigenvalue weighted by atomic mass is 79.9. The number of hydrogen-bond donors (Lipinski definition) is 0. The van der Waals surface area contributed by atoms with Crippen molar-refractivity contribution in [2.75, 3.05) is 5.75 Å². The number of benzene rings is 1. The van der Waals surface area contributed by atoms with Gasteiger partial charge in [-0.2, -0.15) is 0 Å². The van der Waals surface area contributed by atoms with E-state index in [-0.39, 0.29) is 5.75 Å². The zero-order chi connectivity index (χ0) is 12.3. The fraction of sp³-hybridized carbons (Fsp3) is 0.364. The molecule has 88 valence electrons. The first-order valence-electron chi connectivity index (χ1n) is 4.85. The molecule has 0 aromatic heterocycles. The van der Waals surface area contributed by atoms with Gasteiger partial charge >= 0.3 is 0 Å². The van der Waals surface area contributed by atoms with Gasteiger partial charge in [0.1, 0.15) is 0 Å². The molecule has 0 N–H and O–H groups in total. The van der Waals surface area contributed by atoms with Crippen molar-refractivity contribution in [1.82, 2.24) is 0 Å². The lowest BCUT2D eigenvalue weighted by atomic mass is 10.1. The molecule has 0 radical (unpaired) electrons. The number of aryl methyl sites for hydroxylation is 1. The average Bonchev–Trinajstić information content (AvgIpc) is 2.28. The molecule has 1 aromatic rings. The van der Waals surface area contributed by atoms with E-state index in [1.807, 2.05) is 6.92 Å². The van der Waals surface area contributed by atoms with Crippen LogP contribution < -0.4 is 0 Å². The fourth-order valence-electron chi connectivity index (χ4n) is 1.16. The first kappa shape index (κ1) is 13.4. The predicted molar refractivity (Wildman–Crippen MR) is 67.7 cm³/mol. The van der Waals surface area contributed by atoms with Crippen molar-refractivity contribution >= 4 is 31.6 Å². The van der Waals surface area contributed by atoms with E-state index in [0.717, 1.165) is 5.56 Å². The Morgan fingerprint density at radius 2 is 1.81 bits per heavy atom. The van der Waals surface area contributed by atoms with Crippen molar-refractivity contribution in [2.24, 2.45) is 0 Å². The van der Waals surface area contributed by atoms with E-state index < -0.39 is 19.8 Å². The average molecular weight is 305 g/mol. The smallest absolute Gasteiger partial charge is 0.191 e. The second-order valence-corrected chi connectivity index (χ2v) is 7.39. The summed E-state index contributed by atoms with van der Waals surface area (Å²) in [6.07, 6.45) is 0. The Kier molecular flexibility index (Phi) is 4.27. The van der Waals surface area contributed by atoms with E-state index >= 15 is 0 Å². The van der Waals surface area contributed by atoms with Crippen LogP contribution in [0.5, 0.6) is 0 Å². The lowest BCUT2D eigenvalue weighted by molar-refractivity contribution is 0.101. The maximum atomic E-state index is 11.8. The molecule has 16 heavy (non-hydrogen) atoms. The summed E-state index contributed by atoms with van der Waals surface area (Å²) in [5, 5.41) is 0. The van der Waals surface area contributed by atoms with Crippen LogP contribution in [-0.2, 0) is 9.84 Å². The van der Waals surface area contributed by atoms with E-state index in [1.165, 1.54) is 6.92 Å². The number of ketones is 1. The van der Waals surface area contributed by atoms with Gasteiger partial charge in [0.15, 0.2) is 19.8 Å². The van der Waals surface area contributed by atoms with Crippen molar-refractivity contribution < 1.29 is 13.2 Å². The lowest BCUT2D eigenvalue weighted by Gasteiger charge is -2.08. The van der Waals surface area contributed by atoms with Crippen LogP contribution in [0.2, 0.25) is 0 Å². The first-order valence-corrected chi connectivity index (χ1v) is 7.48. The molecule has 0 spiro atoms. The van der Waals surface area contributed by atoms with Crippen molar-refractivity contribution in [3.05, 3.63) is 35.4 Å². The molecule has 0 aliphatic carbocycles. The summed E-state index contributed by atoms with van der Waals surface area (Å²) in [5.41, 5.74) is 1.44. The first-order chi connectivity index (χ1) is 7.38. The van der Waals surface area contributed by atoms with Crippen LogP contribution in [0.3, 0.4) is 0 Å². The van der Waals surface area contributed by atoms with Crippen molar-refractivity contribution in [3.8, 4) is 0 Å². The highest BCUT2D eigenvalue weighted by molar-refractivity contribution is 9.11. The Bertz CT molecular complexity index is 476. The Morgan fingerprint density at radius 3 is 2.25 bits per heavy atom. The minimum absolute atomic E-state index is 0.0550. The van der Waals surface area contributed by atoms with Gasteiger partial charge in [0, 0.05) is 11.3 Å². The number of Topliss-reactive ketones (excluding diaryl/α,β-unsaturated/α-hetero) is 1. The van der Waals surface area contributed by atoms with E-state index in [9.17, 15) is 13.2 Å². The Hall–Kier alpha value is -0.680. The maximum absolute atomic E-state index is 11.8. The third-order valence-corrected chi connectivity index (χ3v) is 6.03. The van der Waals surface area contributed by atoms with Gasteiger partial charge < -0.3 is 0 Å². The zero-order valence-corrected chi connectivity index (χ0v) is 11.5. The second-order valence-electron chi connectivity index (χ2n) is 3.50. The van der Waals surface area contributed by atoms with Crippen LogP contribution in [0.1, 0.15) is 22.8 Å². The summed E-state index contributed by atoms with van der Waals surface area (Å²) in [4.78, 5) is 11.8. The van der Waals surface area contributed by atoms with Crippen LogP contribution >= 0.6 is 15.9 Å². The Balaban J connectivity index is 2.99. The van der Waals surface area contributed by atoms with E-state index in [4.69, 9.17) is 0 Å². The number of sulfone groups is 1. The molecule has 1 aromatic carbocycles. The molecule has 0 aliphatic heterocycles. The molecule has 5 heteroatoms. The number of alkyl halides is 1. The predicted octanol–water partition coefficient (Wildman–Crippen LogP) is 2.33. The SMILES string of the molecule is CCS(=O)(=O)C(Br)C(=O)c1ccc(C)cc1. The molecule has 0 fully saturated rings. The Morgan fingerprint density at radius 1 is 1.31 bits per heavy atom. The van der Waals surface area contributed by atoms with Gasteiger partial charge in [0.05, 0.1) is 0 Å². The van der Waals surface area contributed by atoms with E-state index in [1.54, 1.807) is 24.3 Å². The molecular formula is C11H13BrO3S. The highest BCUT2D eigenvalue weighted by Gasteiger charge is 2.28. The number of carbonyl (C=O) groups is 1. The summed E-state index contributed by atoms with van der Waals surface area (Å²) >= 11 is 2.94. The normalized spacial score (nSPS) is 13.4. The molecule has 0 saturated heterocycles. The minimum atomic E-state index is -3.39. The summed E-state index contributed by atoms with van der Waals surface area (Å²) < 4.78 is 21.9. The number of carbonyl (C=O) groups excluding carboxylic acids is 1. The molecule has 0 bridgehead atoms. The van der Waals surface area contributed by atoms with Gasteiger partial charge in [-0.15, -0.1) is 0 Å². The van der Waals surface area contributed by atoms with Gasteiger partial charge in [0.25, 0.3) is 0 Å². The molecule has 1 unspecified atom stereocenters. The third kappa shape index (κ3) is 2.92. The molecule has 0 heterocycles. The third-order valence-electron chi connectivity index (χ3n) is 2.26. The van der Waals surface area contributed by atoms with Crippen molar-refractivity contribution in [3.63, 3.8) is 0 Å². The quantitative estimate of drug-likeness (QED) is 0.634.